The van der Waals surface area contributed by atoms with Crippen LogP contribution in [0.25, 0.3) is 10.9 Å². The average molecular weight is 203 g/mol. The van der Waals surface area contributed by atoms with E-state index >= 15 is 0 Å². The summed E-state index contributed by atoms with van der Waals surface area (Å²) in [4.78, 5) is 11.7. The van der Waals surface area contributed by atoms with Crippen LogP contribution in [0.5, 0.6) is 0 Å². The lowest BCUT2D eigenvalue weighted by Gasteiger charge is -2.05. The van der Waals surface area contributed by atoms with Gasteiger partial charge in [0.1, 0.15) is 0 Å². The van der Waals surface area contributed by atoms with Gasteiger partial charge in [-0.3, -0.25) is 4.57 Å². The molecule has 0 atom stereocenters. The number of nitrogens with one attached hydrogen (secondary N) is 1. The van der Waals surface area contributed by atoms with E-state index < -0.39 is 0 Å². The zero-order valence-corrected chi connectivity index (χ0v) is 8.31. The number of carbonyl (C=O) groups excluding carboxylic acids is 1. The fraction of sp³-hybridized carbons (Fsp3) is 0.182. The molecule has 0 aliphatic heterocycles. The predicted octanol–water partition coefficient (Wildman–Crippen LogP) is 1.16. The van der Waals surface area contributed by atoms with Gasteiger partial charge in [-0.1, -0.05) is 18.2 Å². The second-order valence-corrected chi connectivity index (χ2v) is 3.27. The molecule has 1 aromatic heterocycles. The Labute approximate surface area is 87.7 Å². The van der Waals surface area contributed by atoms with Crippen LogP contribution < -0.4 is 11.1 Å². The third-order valence-electron chi connectivity index (χ3n) is 2.24. The monoisotopic (exact) mass is 203 g/mol. The number of carbonyl (C=O) groups is 1. The Kier molecular flexibility index (Phi) is 2.69. The topological polar surface area (TPSA) is 60.0 Å². The van der Waals surface area contributed by atoms with E-state index in [1.54, 1.807) is 10.8 Å². The molecule has 0 unspecified atom stereocenters. The number of fused-ring (bicyclic) bond motifs is 1. The summed E-state index contributed by atoms with van der Waals surface area (Å²) in [5.74, 6) is 0. The van der Waals surface area contributed by atoms with Gasteiger partial charge in [0.15, 0.2) is 0 Å². The molecule has 15 heavy (non-hydrogen) atoms. The zero-order chi connectivity index (χ0) is 10.7. The molecular weight excluding hydrogens is 190 g/mol. The number of amides is 1. The Bertz CT molecular complexity index is 475. The van der Waals surface area contributed by atoms with E-state index in [1.807, 2.05) is 30.3 Å². The van der Waals surface area contributed by atoms with Crippen LogP contribution in [0.2, 0.25) is 0 Å². The number of para-hydroxylation sites is 1. The minimum Gasteiger partial charge on any atom is -0.336 e. The Morgan fingerprint density at radius 3 is 2.93 bits per heavy atom. The van der Waals surface area contributed by atoms with Crippen molar-refractivity contribution >= 4 is 16.9 Å². The molecule has 4 heteroatoms. The number of rotatable bonds is 2. The summed E-state index contributed by atoms with van der Waals surface area (Å²) in [7, 11) is 0. The molecule has 3 N–H and O–H groups in total. The molecule has 0 fully saturated rings. The van der Waals surface area contributed by atoms with Gasteiger partial charge in [-0.2, -0.15) is 0 Å². The van der Waals surface area contributed by atoms with Crippen LogP contribution in [0, 0.1) is 0 Å². The average Bonchev–Trinajstić information content (AvgIpc) is 2.69. The first kappa shape index (κ1) is 9.73. The highest BCUT2D eigenvalue weighted by Gasteiger charge is 2.06. The van der Waals surface area contributed by atoms with Crippen LogP contribution >= 0.6 is 0 Å². The van der Waals surface area contributed by atoms with Crippen molar-refractivity contribution < 1.29 is 4.79 Å². The van der Waals surface area contributed by atoms with Crippen LogP contribution in [-0.2, 0) is 0 Å². The summed E-state index contributed by atoms with van der Waals surface area (Å²) in [5.41, 5.74) is 6.23. The lowest BCUT2D eigenvalue weighted by Crippen LogP contribution is -2.32. The van der Waals surface area contributed by atoms with E-state index in [0.717, 1.165) is 10.9 Å². The van der Waals surface area contributed by atoms with E-state index in [1.165, 1.54) is 0 Å². The van der Waals surface area contributed by atoms with Crippen molar-refractivity contribution in [2.45, 2.75) is 0 Å². The maximum atomic E-state index is 11.7. The van der Waals surface area contributed by atoms with Gasteiger partial charge in [0.2, 0.25) is 0 Å². The van der Waals surface area contributed by atoms with Crippen LogP contribution in [0.4, 0.5) is 4.79 Å². The van der Waals surface area contributed by atoms with Crippen molar-refractivity contribution in [3.8, 4) is 0 Å². The minimum absolute atomic E-state index is 0.137. The van der Waals surface area contributed by atoms with Crippen molar-refractivity contribution in [3.05, 3.63) is 36.5 Å². The molecule has 0 spiro atoms. The Balaban J connectivity index is 2.31. The highest BCUT2D eigenvalue weighted by molar-refractivity contribution is 5.91. The van der Waals surface area contributed by atoms with Gasteiger partial charge >= 0.3 is 6.03 Å². The second-order valence-electron chi connectivity index (χ2n) is 3.27. The van der Waals surface area contributed by atoms with Crippen LogP contribution in [-0.4, -0.2) is 23.7 Å². The highest BCUT2D eigenvalue weighted by Crippen LogP contribution is 2.14. The first-order valence-corrected chi connectivity index (χ1v) is 4.87. The summed E-state index contributed by atoms with van der Waals surface area (Å²) in [6.45, 7) is 0.941. The van der Waals surface area contributed by atoms with E-state index in [9.17, 15) is 4.79 Å². The molecule has 1 heterocycles. The molecule has 1 aromatic carbocycles. The minimum atomic E-state index is -0.137. The lowest BCUT2D eigenvalue weighted by atomic mass is 10.2. The Morgan fingerprint density at radius 2 is 2.13 bits per heavy atom. The van der Waals surface area contributed by atoms with Gasteiger partial charge < -0.3 is 11.1 Å². The molecule has 0 radical (unpaired) electrons. The van der Waals surface area contributed by atoms with Crippen molar-refractivity contribution in [1.82, 2.24) is 9.88 Å². The van der Waals surface area contributed by atoms with E-state index in [-0.39, 0.29) is 6.03 Å². The summed E-state index contributed by atoms with van der Waals surface area (Å²) >= 11 is 0. The predicted molar refractivity (Wildman–Crippen MR) is 59.8 cm³/mol. The normalized spacial score (nSPS) is 10.5. The zero-order valence-electron chi connectivity index (χ0n) is 8.31. The molecule has 1 amide bonds. The standard InChI is InChI=1S/C11H13N3O/c12-6-7-13-11(15)14-8-5-9-3-1-2-4-10(9)14/h1-5,8H,6-7,12H2,(H,13,15). The van der Waals surface area contributed by atoms with Crippen molar-refractivity contribution in [3.63, 3.8) is 0 Å². The van der Waals surface area contributed by atoms with Crippen molar-refractivity contribution in [2.75, 3.05) is 13.1 Å². The number of nitrogens with zero attached hydrogens (tertiary/aromatic N) is 1. The molecule has 0 aliphatic rings. The largest absolute Gasteiger partial charge is 0.336 e. The number of hydrogen-bond acceptors (Lipinski definition) is 2. The molecule has 4 nitrogen and oxygen atoms in total. The van der Waals surface area contributed by atoms with Crippen molar-refractivity contribution in [1.29, 1.82) is 0 Å². The van der Waals surface area contributed by atoms with Gasteiger partial charge in [0.25, 0.3) is 0 Å². The van der Waals surface area contributed by atoms with Crippen LogP contribution in [0.3, 0.4) is 0 Å². The SMILES string of the molecule is NCCNC(=O)n1ccc2ccccc21. The molecule has 2 aromatic rings. The van der Waals surface area contributed by atoms with Crippen LogP contribution in [0.1, 0.15) is 0 Å². The number of aromatic nitrogens is 1. The Hall–Kier alpha value is -1.81. The number of hydrogen-bond donors (Lipinski definition) is 2. The van der Waals surface area contributed by atoms with Crippen LogP contribution in [0.15, 0.2) is 36.5 Å². The molecule has 0 aliphatic carbocycles. The quantitative estimate of drug-likeness (QED) is 0.769. The molecule has 0 saturated carbocycles. The fourth-order valence-electron chi connectivity index (χ4n) is 1.52. The molecule has 78 valence electrons. The van der Waals surface area contributed by atoms with Gasteiger partial charge in [-0.25, -0.2) is 4.79 Å². The third kappa shape index (κ3) is 1.85. The third-order valence-corrected chi connectivity index (χ3v) is 2.24. The van der Waals surface area contributed by atoms with Gasteiger partial charge in [0.05, 0.1) is 5.52 Å². The lowest BCUT2D eigenvalue weighted by molar-refractivity contribution is 0.243. The fourth-order valence-corrected chi connectivity index (χ4v) is 1.52. The maximum absolute atomic E-state index is 11.7. The van der Waals surface area contributed by atoms with Gasteiger partial charge in [-0.15, -0.1) is 0 Å². The highest BCUT2D eigenvalue weighted by atomic mass is 16.2. The summed E-state index contributed by atoms with van der Waals surface area (Å²) in [5, 5.41) is 3.78. The first-order chi connectivity index (χ1) is 7.33. The number of nitrogens with two attached hydrogens (primary N) is 1. The first-order valence-electron chi connectivity index (χ1n) is 4.87. The maximum Gasteiger partial charge on any atom is 0.326 e. The summed E-state index contributed by atoms with van der Waals surface area (Å²) in [6.07, 6.45) is 1.76. The molecule has 2 rings (SSSR count). The molecule has 0 bridgehead atoms. The molecular formula is C11H13N3O. The second kappa shape index (κ2) is 4.14. The van der Waals surface area contributed by atoms with Gasteiger partial charge in [-0.05, 0) is 12.1 Å². The van der Waals surface area contributed by atoms with E-state index in [2.05, 4.69) is 5.32 Å². The Morgan fingerprint density at radius 1 is 1.33 bits per heavy atom. The summed E-state index contributed by atoms with van der Waals surface area (Å²) < 4.78 is 1.59. The molecule has 0 saturated heterocycles. The summed E-state index contributed by atoms with van der Waals surface area (Å²) in [6, 6.07) is 9.53. The van der Waals surface area contributed by atoms with E-state index in [0.29, 0.717) is 13.1 Å². The smallest absolute Gasteiger partial charge is 0.326 e. The van der Waals surface area contributed by atoms with Gasteiger partial charge in [0, 0.05) is 24.7 Å². The van der Waals surface area contributed by atoms with E-state index in [4.69, 9.17) is 5.73 Å². The van der Waals surface area contributed by atoms with Crippen molar-refractivity contribution in [2.24, 2.45) is 5.73 Å². The number of benzene rings is 1.